The van der Waals surface area contributed by atoms with Crippen molar-refractivity contribution < 1.29 is 28.7 Å². The predicted molar refractivity (Wildman–Crippen MR) is 82.6 cm³/mol. The fourth-order valence-corrected chi connectivity index (χ4v) is 3.42. The van der Waals surface area contributed by atoms with Gasteiger partial charge in [-0.3, -0.25) is 15.0 Å². The molecule has 1 aromatic rings. The maximum absolute atomic E-state index is 12.7. The van der Waals surface area contributed by atoms with E-state index in [-0.39, 0.29) is 22.9 Å². The molecular formula is C14H13N3O6S. The van der Waals surface area contributed by atoms with Gasteiger partial charge in [0.1, 0.15) is 16.8 Å². The normalized spacial score (nSPS) is 22.1. The third kappa shape index (κ3) is 2.26. The smallest absolute Gasteiger partial charge is 0.355 e. The molecule has 0 unspecified atom stereocenters. The number of imide groups is 1. The van der Waals surface area contributed by atoms with E-state index in [1.807, 2.05) is 0 Å². The van der Waals surface area contributed by atoms with Gasteiger partial charge in [0.05, 0.1) is 19.4 Å². The van der Waals surface area contributed by atoms with Crippen molar-refractivity contribution >= 4 is 46.5 Å². The maximum atomic E-state index is 12.7. The zero-order valence-corrected chi connectivity index (χ0v) is 13.6. The standard InChI is InChI=1S/C14H13N3O6S/c1-3-23-13(20)9-7-8(15-16-9)12(19)17(11(7)18)6-4-5-24-10(6)14(21)22-2/h4-5,7-8,15H,3H2,1-2H3/t7-,8+/m0/s1. The molecule has 0 spiro atoms. The van der Waals surface area contributed by atoms with Crippen LogP contribution in [0.25, 0.3) is 0 Å². The molecule has 2 aliphatic rings. The van der Waals surface area contributed by atoms with Gasteiger partial charge in [-0.25, -0.2) is 14.5 Å². The zero-order chi connectivity index (χ0) is 17.4. The number of anilines is 1. The zero-order valence-electron chi connectivity index (χ0n) is 12.8. The molecule has 1 N–H and O–H groups in total. The number of nitrogens with one attached hydrogen (secondary N) is 1. The Labute approximate surface area is 140 Å². The van der Waals surface area contributed by atoms with Crippen LogP contribution in [0.5, 0.6) is 0 Å². The molecule has 3 heterocycles. The van der Waals surface area contributed by atoms with E-state index in [0.717, 1.165) is 16.2 Å². The first-order chi connectivity index (χ1) is 11.5. The van der Waals surface area contributed by atoms with E-state index in [1.165, 1.54) is 13.2 Å². The second-order valence-corrected chi connectivity index (χ2v) is 5.86. The fourth-order valence-electron chi connectivity index (χ4n) is 2.62. The van der Waals surface area contributed by atoms with Crippen LogP contribution >= 0.6 is 11.3 Å². The number of thiophene rings is 1. The highest BCUT2D eigenvalue weighted by Gasteiger charge is 2.56. The summed E-state index contributed by atoms with van der Waals surface area (Å²) < 4.78 is 9.52. The molecular weight excluding hydrogens is 338 g/mol. The van der Waals surface area contributed by atoms with Crippen LogP contribution < -0.4 is 10.3 Å². The number of hydrogen-bond donors (Lipinski definition) is 1. The SMILES string of the molecule is CCOC(=O)C1=NN[C@H]2C(=O)N(c3ccsc3C(=O)OC)C(=O)[C@H]12. The summed E-state index contributed by atoms with van der Waals surface area (Å²) in [5.74, 6) is -3.69. The number of rotatable bonds is 4. The van der Waals surface area contributed by atoms with Crippen LogP contribution in [-0.4, -0.2) is 49.2 Å². The summed E-state index contributed by atoms with van der Waals surface area (Å²) in [5, 5.41) is 5.34. The monoisotopic (exact) mass is 351 g/mol. The van der Waals surface area contributed by atoms with Crippen LogP contribution in [0.4, 0.5) is 5.69 Å². The van der Waals surface area contributed by atoms with E-state index in [4.69, 9.17) is 4.74 Å². The molecule has 9 nitrogen and oxygen atoms in total. The summed E-state index contributed by atoms with van der Waals surface area (Å²) in [4.78, 5) is 50.0. The molecule has 24 heavy (non-hydrogen) atoms. The number of methoxy groups -OCH3 is 1. The minimum Gasteiger partial charge on any atom is -0.465 e. The average Bonchev–Trinajstić information content (AvgIpc) is 3.25. The van der Waals surface area contributed by atoms with Crippen molar-refractivity contribution in [2.45, 2.75) is 13.0 Å². The van der Waals surface area contributed by atoms with Gasteiger partial charge in [0.2, 0.25) is 5.91 Å². The molecule has 1 saturated heterocycles. The molecule has 0 bridgehead atoms. The van der Waals surface area contributed by atoms with Gasteiger partial charge >= 0.3 is 11.9 Å². The molecule has 0 saturated carbocycles. The molecule has 126 valence electrons. The molecule has 0 radical (unpaired) electrons. The predicted octanol–water partition coefficient (Wildman–Crippen LogP) is -0.0850. The van der Waals surface area contributed by atoms with Crippen LogP contribution in [-0.2, 0) is 23.9 Å². The van der Waals surface area contributed by atoms with Crippen molar-refractivity contribution in [3.8, 4) is 0 Å². The number of carbonyl (C=O) groups excluding carboxylic acids is 4. The Bertz CT molecular complexity index is 770. The van der Waals surface area contributed by atoms with E-state index in [2.05, 4.69) is 15.3 Å². The lowest BCUT2D eigenvalue weighted by Crippen LogP contribution is -2.36. The van der Waals surface area contributed by atoms with Crippen molar-refractivity contribution in [1.29, 1.82) is 0 Å². The summed E-state index contributed by atoms with van der Waals surface area (Å²) >= 11 is 1.05. The fraction of sp³-hybridized carbons (Fsp3) is 0.357. The lowest BCUT2D eigenvalue weighted by atomic mass is 9.99. The molecule has 10 heteroatoms. The van der Waals surface area contributed by atoms with Gasteiger partial charge in [-0.05, 0) is 18.4 Å². The molecule has 1 aromatic heterocycles. The molecule has 2 amide bonds. The first kappa shape index (κ1) is 16.1. The minimum absolute atomic E-state index is 0.123. The van der Waals surface area contributed by atoms with Crippen LogP contribution in [0, 0.1) is 5.92 Å². The number of carbonyl (C=O) groups is 4. The number of hydrogen-bond acceptors (Lipinski definition) is 9. The Morgan fingerprint density at radius 3 is 2.75 bits per heavy atom. The third-order valence-electron chi connectivity index (χ3n) is 3.67. The van der Waals surface area contributed by atoms with Gasteiger partial charge in [-0.1, -0.05) is 0 Å². The van der Waals surface area contributed by atoms with Gasteiger partial charge < -0.3 is 9.47 Å². The van der Waals surface area contributed by atoms with Crippen molar-refractivity contribution in [3.05, 3.63) is 16.3 Å². The summed E-state index contributed by atoms with van der Waals surface area (Å²) in [6.07, 6.45) is 0. The first-order valence-corrected chi connectivity index (χ1v) is 7.93. The summed E-state index contributed by atoms with van der Waals surface area (Å²) in [7, 11) is 1.21. The van der Waals surface area contributed by atoms with E-state index in [9.17, 15) is 19.2 Å². The van der Waals surface area contributed by atoms with Gasteiger partial charge in [-0.2, -0.15) is 5.10 Å². The Morgan fingerprint density at radius 1 is 1.33 bits per heavy atom. The summed E-state index contributed by atoms with van der Waals surface area (Å²) in [6.45, 7) is 1.75. The topological polar surface area (TPSA) is 114 Å². The third-order valence-corrected chi connectivity index (χ3v) is 4.55. The molecule has 2 atom stereocenters. The van der Waals surface area contributed by atoms with Crippen LogP contribution in [0.2, 0.25) is 0 Å². The van der Waals surface area contributed by atoms with Crippen molar-refractivity contribution in [3.63, 3.8) is 0 Å². The van der Waals surface area contributed by atoms with Crippen LogP contribution in [0.1, 0.15) is 16.6 Å². The van der Waals surface area contributed by atoms with Crippen LogP contribution in [0.3, 0.4) is 0 Å². The average molecular weight is 351 g/mol. The van der Waals surface area contributed by atoms with Crippen molar-refractivity contribution in [2.24, 2.45) is 11.0 Å². The number of fused-ring (bicyclic) bond motifs is 1. The van der Waals surface area contributed by atoms with Gasteiger partial charge in [-0.15, -0.1) is 11.3 Å². The summed E-state index contributed by atoms with van der Waals surface area (Å²) in [6, 6.07) is 0.497. The highest BCUT2D eigenvalue weighted by molar-refractivity contribution is 7.12. The largest absolute Gasteiger partial charge is 0.465 e. The molecule has 0 aliphatic carbocycles. The highest BCUT2D eigenvalue weighted by Crippen LogP contribution is 2.35. The second kappa shape index (κ2) is 6.04. The van der Waals surface area contributed by atoms with Crippen LogP contribution in [0.15, 0.2) is 16.5 Å². The maximum Gasteiger partial charge on any atom is 0.355 e. The Morgan fingerprint density at radius 2 is 2.08 bits per heavy atom. The number of ether oxygens (including phenoxy) is 2. The van der Waals surface area contributed by atoms with E-state index >= 15 is 0 Å². The van der Waals surface area contributed by atoms with Crippen molar-refractivity contribution in [1.82, 2.24) is 5.43 Å². The molecule has 3 rings (SSSR count). The van der Waals surface area contributed by atoms with Gasteiger partial charge in [0.15, 0.2) is 5.71 Å². The number of esters is 2. The van der Waals surface area contributed by atoms with E-state index in [1.54, 1.807) is 12.3 Å². The van der Waals surface area contributed by atoms with E-state index < -0.39 is 35.7 Å². The summed E-state index contributed by atoms with van der Waals surface area (Å²) in [5.41, 5.74) is 2.50. The Balaban J connectivity index is 1.94. The van der Waals surface area contributed by atoms with Crippen molar-refractivity contribution in [2.75, 3.05) is 18.6 Å². The molecule has 0 aromatic carbocycles. The van der Waals surface area contributed by atoms with E-state index in [0.29, 0.717) is 0 Å². The number of amides is 2. The molecule has 2 aliphatic heterocycles. The second-order valence-electron chi connectivity index (χ2n) is 4.94. The number of nitrogens with zero attached hydrogens (tertiary/aromatic N) is 2. The lowest BCUT2D eigenvalue weighted by Gasteiger charge is -2.15. The van der Waals surface area contributed by atoms with Gasteiger partial charge in [0, 0.05) is 0 Å². The lowest BCUT2D eigenvalue weighted by molar-refractivity contribution is -0.136. The Hall–Kier alpha value is -2.75. The van der Waals surface area contributed by atoms with Gasteiger partial charge in [0.25, 0.3) is 5.91 Å². The quantitative estimate of drug-likeness (QED) is 0.596. The minimum atomic E-state index is -1.07. The Kier molecular flexibility index (Phi) is 4.06. The highest BCUT2D eigenvalue weighted by atomic mass is 32.1. The molecule has 1 fully saturated rings. The number of hydrazone groups is 1. The first-order valence-electron chi connectivity index (χ1n) is 7.05.